The third-order valence-corrected chi connectivity index (χ3v) is 7.53. The Morgan fingerprint density at radius 3 is 2.31 bits per heavy atom. The summed E-state index contributed by atoms with van der Waals surface area (Å²) in [5.41, 5.74) is 12.0. The summed E-state index contributed by atoms with van der Waals surface area (Å²) in [6, 6.07) is 22.7. The molecule has 0 saturated carbocycles. The zero-order chi connectivity index (χ0) is 27.0. The van der Waals surface area contributed by atoms with Crippen LogP contribution >= 0.6 is 0 Å². The Morgan fingerprint density at radius 1 is 0.821 bits per heavy atom. The molecule has 39 heavy (non-hydrogen) atoms. The molecule has 3 aromatic carbocycles. The highest BCUT2D eigenvalue weighted by atomic mass is 14.2. The van der Waals surface area contributed by atoms with Crippen molar-refractivity contribution in [3.05, 3.63) is 174 Å². The van der Waals surface area contributed by atoms with Gasteiger partial charge >= 0.3 is 0 Å². The molecule has 3 aromatic rings. The molecule has 0 atom stereocenters. The summed E-state index contributed by atoms with van der Waals surface area (Å²) in [6.45, 7) is 8.00. The van der Waals surface area contributed by atoms with Crippen LogP contribution in [0.5, 0.6) is 0 Å². The van der Waals surface area contributed by atoms with E-state index in [4.69, 9.17) is 0 Å². The van der Waals surface area contributed by atoms with Crippen molar-refractivity contribution in [2.75, 3.05) is 0 Å². The summed E-state index contributed by atoms with van der Waals surface area (Å²) in [5, 5.41) is 2.55. The van der Waals surface area contributed by atoms with Gasteiger partial charge in [-0.05, 0) is 106 Å². The summed E-state index contributed by atoms with van der Waals surface area (Å²) in [7, 11) is 0. The molecule has 0 heterocycles. The van der Waals surface area contributed by atoms with Gasteiger partial charge in [0.15, 0.2) is 0 Å². The van der Waals surface area contributed by atoms with Crippen molar-refractivity contribution in [2.45, 2.75) is 33.1 Å². The molecular weight excluding hydrogens is 468 g/mol. The second-order valence-electron chi connectivity index (χ2n) is 10.0. The van der Waals surface area contributed by atoms with Crippen LogP contribution in [0.1, 0.15) is 37.8 Å². The minimum Gasteiger partial charge on any atom is -0.0991 e. The van der Waals surface area contributed by atoms with E-state index in [0.717, 1.165) is 19.3 Å². The SMILES string of the molecule is C=C/C=C\C(=C\C)C1=C2CC(c3ccc4cc(-c5ccc(C/C=C\C=C/C)cc5)ccc4c3)=CC=C2C=CC1. The first-order valence-electron chi connectivity index (χ1n) is 13.9. The van der Waals surface area contributed by atoms with Crippen LogP contribution in [0.4, 0.5) is 0 Å². The van der Waals surface area contributed by atoms with Crippen LogP contribution in [0, 0.1) is 0 Å². The molecular formula is C39H36. The number of hydrogen-bond donors (Lipinski definition) is 0. The van der Waals surface area contributed by atoms with E-state index in [-0.39, 0.29) is 0 Å². The summed E-state index contributed by atoms with van der Waals surface area (Å²) in [5.74, 6) is 0. The standard InChI is InChI=1S/C39H36/c1-4-7-9-10-12-29-16-18-31(19-17-29)33-22-23-35-27-36(25-24-34(35)26-33)37-21-20-32-14-11-15-38(39(32)28-37)30(6-3)13-8-5-2/h4-11,13-14,16-27H,2,12,15,28H2,1,3H3/b7-4-,10-9-,13-8-,30-6-. The van der Waals surface area contributed by atoms with E-state index in [1.165, 1.54) is 60.9 Å². The van der Waals surface area contributed by atoms with Gasteiger partial charge in [-0.2, -0.15) is 0 Å². The lowest BCUT2D eigenvalue weighted by Crippen LogP contribution is -2.05. The Balaban J connectivity index is 1.39. The Hall–Kier alpha value is -4.42. The second kappa shape index (κ2) is 12.4. The Kier molecular flexibility index (Phi) is 8.34. The van der Waals surface area contributed by atoms with Crippen molar-refractivity contribution in [3.8, 4) is 11.1 Å². The van der Waals surface area contributed by atoms with Crippen LogP contribution in [0.15, 0.2) is 162 Å². The predicted molar refractivity (Wildman–Crippen MR) is 172 cm³/mol. The van der Waals surface area contributed by atoms with Gasteiger partial charge in [-0.3, -0.25) is 0 Å². The van der Waals surface area contributed by atoms with Crippen LogP contribution in [-0.2, 0) is 6.42 Å². The van der Waals surface area contributed by atoms with Crippen molar-refractivity contribution in [1.82, 2.24) is 0 Å². The summed E-state index contributed by atoms with van der Waals surface area (Å²) < 4.78 is 0. The minimum absolute atomic E-state index is 0.949. The lowest BCUT2D eigenvalue weighted by atomic mass is 9.80. The molecule has 0 amide bonds. The largest absolute Gasteiger partial charge is 0.0991 e. The first-order chi connectivity index (χ1) is 19.2. The number of rotatable bonds is 8. The first-order valence-corrected chi connectivity index (χ1v) is 13.9. The zero-order valence-electron chi connectivity index (χ0n) is 23.0. The third kappa shape index (κ3) is 6.02. The highest BCUT2D eigenvalue weighted by Crippen LogP contribution is 2.40. The maximum Gasteiger partial charge on any atom is -0.00108 e. The average Bonchev–Trinajstić information content (AvgIpc) is 2.99. The molecule has 0 fully saturated rings. The smallest absolute Gasteiger partial charge is 0.00108 e. The van der Waals surface area contributed by atoms with Crippen LogP contribution in [0.2, 0.25) is 0 Å². The second-order valence-corrected chi connectivity index (χ2v) is 10.0. The Labute approximate surface area is 233 Å². The predicted octanol–water partition coefficient (Wildman–Crippen LogP) is 10.8. The highest BCUT2D eigenvalue weighted by molar-refractivity contribution is 5.91. The Morgan fingerprint density at radius 2 is 1.56 bits per heavy atom. The molecule has 0 unspecified atom stereocenters. The molecule has 0 heteroatoms. The first kappa shape index (κ1) is 26.2. The maximum absolute atomic E-state index is 3.84. The molecule has 0 aromatic heterocycles. The van der Waals surface area contributed by atoms with E-state index in [1.807, 2.05) is 25.2 Å². The topological polar surface area (TPSA) is 0 Å². The van der Waals surface area contributed by atoms with Crippen LogP contribution < -0.4 is 0 Å². The molecule has 0 spiro atoms. The fourth-order valence-electron chi connectivity index (χ4n) is 5.39. The van der Waals surface area contributed by atoms with Gasteiger partial charge in [-0.15, -0.1) is 0 Å². The van der Waals surface area contributed by atoms with Crippen molar-refractivity contribution >= 4 is 16.3 Å². The van der Waals surface area contributed by atoms with Gasteiger partial charge in [-0.25, -0.2) is 0 Å². The lowest BCUT2D eigenvalue weighted by molar-refractivity contribution is 1.09. The van der Waals surface area contributed by atoms with Crippen LogP contribution in [-0.4, -0.2) is 0 Å². The van der Waals surface area contributed by atoms with Crippen molar-refractivity contribution in [3.63, 3.8) is 0 Å². The van der Waals surface area contributed by atoms with Gasteiger partial charge in [0.2, 0.25) is 0 Å². The van der Waals surface area contributed by atoms with E-state index < -0.39 is 0 Å². The summed E-state index contributed by atoms with van der Waals surface area (Å²) in [4.78, 5) is 0. The zero-order valence-corrected chi connectivity index (χ0v) is 23.0. The van der Waals surface area contributed by atoms with Crippen molar-refractivity contribution < 1.29 is 0 Å². The van der Waals surface area contributed by atoms with Crippen molar-refractivity contribution in [1.29, 1.82) is 0 Å². The third-order valence-electron chi connectivity index (χ3n) is 7.53. The van der Waals surface area contributed by atoms with Gasteiger partial charge in [0.1, 0.15) is 0 Å². The van der Waals surface area contributed by atoms with Gasteiger partial charge in [0.25, 0.3) is 0 Å². The fourth-order valence-corrected chi connectivity index (χ4v) is 5.39. The quantitative estimate of drug-likeness (QED) is 0.268. The van der Waals surface area contributed by atoms with Gasteiger partial charge in [-0.1, -0.05) is 128 Å². The van der Waals surface area contributed by atoms with Crippen LogP contribution in [0.3, 0.4) is 0 Å². The summed E-state index contributed by atoms with van der Waals surface area (Å²) >= 11 is 0. The van der Waals surface area contributed by atoms with Crippen LogP contribution in [0.25, 0.3) is 27.5 Å². The summed E-state index contributed by atoms with van der Waals surface area (Å²) in [6.07, 6.45) is 28.7. The van der Waals surface area contributed by atoms with E-state index in [1.54, 1.807) is 0 Å². The normalized spacial score (nSPS) is 15.9. The molecule has 0 bridgehead atoms. The number of allylic oxidation sites excluding steroid dienone is 17. The van der Waals surface area contributed by atoms with E-state index >= 15 is 0 Å². The van der Waals surface area contributed by atoms with Crippen molar-refractivity contribution in [2.24, 2.45) is 0 Å². The number of fused-ring (bicyclic) bond motifs is 2. The van der Waals surface area contributed by atoms with Gasteiger partial charge < -0.3 is 0 Å². The van der Waals surface area contributed by atoms with Gasteiger partial charge in [0, 0.05) is 0 Å². The molecule has 0 aliphatic heterocycles. The molecule has 2 aliphatic carbocycles. The molecule has 2 aliphatic rings. The molecule has 5 rings (SSSR count). The lowest BCUT2D eigenvalue weighted by Gasteiger charge is -2.24. The highest BCUT2D eigenvalue weighted by Gasteiger charge is 2.20. The van der Waals surface area contributed by atoms with E-state index in [2.05, 4.69) is 129 Å². The molecule has 0 N–H and O–H groups in total. The Bertz CT molecular complexity index is 1620. The maximum atomic E-state index is 3.84. The number of benzene rings is 3. The molecule has 192 valence electrons. The fraction of sp³-hybridized carbons (Fsp3) is 0.128. The van der Waals surface area contributed by atoms with Gasteiger partial charge in [0.05, 0.1) is 0 Å². The van der Waals surface area contributed by atoms with E-state index in [0.29, 0.717) is 0 Å². The molecule has 0 nitrogen and oxygen atoms in total. The molecule has 0 radical (unpaired) electrons. The average molecular weight is 505 g/mol. The minimum atomic E-state index is 0.949. The monoisotopic (exact) mass is 504 g/mol. The molecule has 0 saturated heterocycles. The van der Waals surface area contributed by atoms with E-state index in [9.17, 15) is 0 Å². The number of hydrogen-bond acceptors (Lipinski definition) is 0.